The summed E-state index contributed by atoms with van der Waals surface area (Å²) in [7, 11) is 0. The highest BCUT2D eigenvalue weighted by molar-refractivity contribution is 5.66. The Hall–Kier alpha value is -2.03. The van der Waals surface area contributed by atoms with E-state index < -0.39 is 0 Å². The standard InChI is InChI=1S/C16H17NO2/c1-16(2,3)15-7-5-12(9-17-15)11-4-6-13-14(8-11)19-10-18-13/h4-9H,10H2,1-3H3. The van der Waals surface area contributed by atoms with Gasteiger partial charge in [0.05, 0.1) is 0 Å². The molecule has 0 unspecified atom stereocenters. The SMILES string of the molecule is CC(C)(C)c1ccc(-c2ccc3c(c2)OCO3)cn1. The van der Waals surface area contributed by atoms with Gasteiger partial charge in [0, 0.05) is 22.9 Å². The number of rotatable bonds is 1. The molecule has 98 valence electrons. The molecular weight excluding hydrogens is 238 g/mol. The van der Waals surface area contributed by atoms with E-state index in [2.05, 4.69) is 37.9 Å². The number of pyridine rings is 1. The Balaban J connectivity index is 1.94. The maximum Gasteiger partial charge on any atom is 0.231 e. The van der Waals surface area contributed by atoms with Gasteiger partial charge in [0.1, 0.15) is 0 Å². The minimum Gasteiger partial charge on any atom is -0.454 e. The van der Waals surface area contributed by atoms with Crippen LogP contribution in [0.15, 0.2) is 36.5 Å². The monoisotopic (exact) mass is 255 g/mol. The van der Waals surface area contributed by atoms with Crippen LogP contribution in [-0.2, 0) is 5.41 Å². The maximum absolute atomic E-state index is 5.40. The van der Waals surface area contributed by atoms with E-state index in [4.69, 9.17) is 9.47 Å². The fourth-order valence-electron chi connectivity index (χ4n) is 2.08. The van der Waals surface area contributed by atoms with Crippen molar-refractivity contribution in [2.24, 2.45) is 0 Å². The molecule has 1 aliphatic heterocycles. The predicted octanol–water partition coefficient (Wildman–Crippen LogP) is 3.77. The van der Waals surface area contributed by atoms with Gasteiger partial charge in [-0.05, 0) is 23.8 Å². The third kappa shape index (κ3) is 2.28. The fraction of sp³-hybridized carbons (Fsp3) is 0.312. The fourth-order valence-corrected chi connectivity index (χ4v) is 2.08. The van der Waals surface area contributed by atoms with E-state index in [9.17, 15) is 0 Å². The Morgan fingerprint density at radius 3 is 2.37 bits per heavy atom. The molecule has 19 heavy (non-hydrogen) atoms. The molecule has 0 fully saturated rings. The summed E-state index contributed by atoms with van der Waals surface area (Å²) in [5.41, 5.74) is 3.36. The molecule has 3 rings (SSSR count). The summed E-state index contributed by atoms with van der Waals surface area (Å²) >= 11 is 0. The van der Waals surface area contributed by atoms with Crippen molar-refractivity contribution in [1.29, 1.82) is 0 Å². The Morgan fingerprint density at radius 2 is 1.68 bits per heavy atom. The Kier molecular flexibility index (Phi) is 2.70. The lowest BCUT2D eigenvalue weighted by Crippen LogP contribution is -2.12. The van der Waals surface area contributed by atoms with Gasteiger partial charge >= 0.3 is 0 Å². The Bertz CT molecular complexity index is 597. The summed E-state index contributed by atoms with van der Waals surface area (Å²) in [6.45, 7) is 6.79. The zero-order chi connectivity index (χ0) is 13.5. The molecule has 3 heteroatoms. The van der Waals surface area contributed by atoms with Crippen LogP contribution >= 0.6 is 0 Å². The highest BCUT2D eigenvalue weighted by Gasteiger charge is 2.16. The van der Waals surface area contributed by atoms with Crippen molar-refractivity contribution in [2.45, 2.75) is 26.2 Å². The van der Waals surface area contributed by atoms with Gasteiger partial charge in [-0.15, -0.1) is 0 Å². The van der Waals surface area contributed by atoms with Crippen molar-refractivity contribution < 1.29 is 9.47 Å². The molecule has 0 spiro atoms. The van der Waals surface area contributed by atoms with E-state index in [0.717, 1.165) is 28.3 Å². The largest absolute Gasteiger partial charge is 0.454 e. The molecule has 1 aliphatic rings. The lowest BCUT2D eigenvalue weighted by atomic mass is 9.91. The van der Waals surface area contributed by atoms with Gasteiger partial charge in [0.25, 0.3) is 0 Å². The summed E-state index contributed by atoms with van der Waals surface area (Å²) < 4.78 is 10.7. The smallest absolute Gasteiger partial charge is 0.231 e. The molecule has 0 radical (unpaired) electrons. The van der Waals surface area contributed by atoms with E-state index in [-0.39, 0.29) is 5.41 Å². The number of hydrogen-bond acceptors (Lipinski definition) is 3. The van der Waals surface area contributed by atoms with Crippen LogP contribution < -0.4 is 9.47 Å². The lowest BCUT2D eigenvalue weighted by Gasteiger charge is -2.17. The van der Waals surface area contributed by atoms with E-state index in [1.54, 1.807) is 0 Å². The summed E-state index contributed by atoms with van der Waals surface area (Å²) in [4.78, 5) is 4.55. The minimum atomic E-state index is 0.0768. The van der Waals surface area contributed by atoms with E-state index in [0.29, 0.717) is 6.79 Å². The molecule has 1 aromatic heterocycles. The van der Waals surface area contributed by atoms with Gasteiger partial charge in [0.2, 0.25) is 6.79 Å². The first-order valence-electron chi connectivity index (χ1n) is 6.40. The van der Waals surface area contributed by atoms with E-state index >= 15 is 0 Å². The van der Waals surface area contributed by atoms with Crippen LogP contribution in [0.1, 0.15) is 26.5 Å². The van der Waals surface area contributed by atoms with Crippen LogP contribution in [0.2, 0.25) is 0 Å². The molecule has 2 heterocycles. The molecule has 0 N–H and O–H groups in total. The molecule has 0 saturated heterocycles. The molecule has 3 nitrogen and oxygen atoms in total. The van der Waals surface area contributed by atoms with Gasteiger partial charge in [0.15, 0.2) is 11.5 Å². The molecule has 0 bridgehead atoms. The molecule has 0 amide bonds. The first-order chi connectivity index (χ1) is 9.04. The van der Waals surface area contributed by atoms with Crippen molar-refractivity contribution in [1.82, 2.24) is 4.98 Å². The van der Waals surface area contributed by atoms with E-state index in [1.807, 2.05) is 24.4 Å². The van der Waals surface area contributed by atoms with Crippen molar-refractivity contribution in [3.63, 3.8) is 0 Å². The van der Waals surface area contributed by atoms with Crippen molar-refractivity contribution >= 4 is 0 Å². The van der Waals surface area contributed by atoms with Crippen molar-refractivity contribution in [3.05, 3.63) is 42.2 Å². The third-order valence-corrected chi connectivity index (χ3v) is 3.24. The summed E-state index contributed by atoms with van der Waals surface area (Å²) in [6, 6.07) is 10.2. The summed E-state index contributed by atoms with van der Waals surface area (Å²) in [6.07, 6.45) is 1.91. The van der Waals surface area contributed by atoms with Gasteiger partial charge < -0.3 is 9.47 Å². The van der Waals surface area contributed by atoms with Crippen molar-refractivity contribution in [3.8, 4) is 22.6 Å². The zero-order valence-corrected chi connectivity index (χ0v) is 11.4. The quantitative estimate of drug-likeness (QED) is 0.777. The van der Waals surface area contributed by atoms with Gasteiger partial charge in [-0.2, -0.15) is 0 Å². The first-order valence-corrected chi connectivity index (χ1v) is 6.40. The lowest BCUT2D eigenvalue weighted by molar-refractivity contribution is 0.174. The Morgan fingerprint density at radius 1 is 0.947 bits per heavy atom. The van der Waals surface area contributed by atoms with E-state index in [1.165, 1.54) is 0 Å². The number of hydrogen-bond donors (Lipinski definition) is 0. The van der Waals surface area contributed by atoms with Crippen LogP contribution in [0.5, 0.6) is 11.5 Å². The minimum absolute atomic E-state index is 0.0768. The second-order valence-corrected chi connectivity index (χ2v) is 5.75. The summed E-state index contributed by atoms with van der Waals surface area (Å²) in [5, 5.41) is 0. The average Bonchev–Trinajstić information content (AvgIpc) is 2.85. The molecule has 0 saturated carbocycles. The second kappa shape index (κ2) is 4.26. The molecule has 0 atom stereocenters. The normalized spacial score (nSPS) is 13.6. The van der Waals surface area contributed by atoms with Crippen LogP contribution in [0.25, 0.3) is 11.1 Å². The van der Waals surface area contributed by atoms with Crippen LogP contribution in [-0.4, -0.2) is 11.8 Å². The molecular formula is C16H17NO2. The van der Waals surface area contributed by atoms with Crippen LogP contribution in [0.4, 0.5) is 0 Å². The third-order valence-electron chi connectivity index (χ3n) is 3.24. The average molecular weight is 255 g/mol. The molecule has 1 aromatic carbocycles. The van der Waals surface area contributed by atoms with Gasteiger partial charge in [-0.25, -0.2) is 0 Å². The first kappa shape index (κ1) is 12.0. The number of aromatic nitrogens is 1. The summed E-state index contributed by atoms with van der Waals surface area (Å²) in [5.74, 6) is 1.61. The molecule has 0 aliphatic carbocycles. The van der Waals surface area contributed by atoms with Crippen LogP contribution in [0.3, 0.4) is 0 Å². The number of nitrogens with zero attached hydrogens (tertiary/aromatic N) is 1. The highest BCUT2D eigenvalue weighted by atomic mass is 16.7. The predicted molar refractivity (Wildman–Crippen MR) is 74.5 cm³/mol. The molecule has 2 aromatic rings. The topological polar surface area (TPSA) is 31.4 Å². The number of benzene rings is 1. The van der Waals surface area contributed by atoms with Gasteiger partial charge in [-0.3, -0.25) is 4.98 Å². The highest BCUT2D eigenvalue weighted by Crippen LogP contribution is 2.35. The zero-order valence-electron chi connectivity index (χ0n) is 11.4. The van der Waals surface area contributed by atoms with Gasteiger partial charge in [-0.1, -0.05) is 32.9 Å². The number of ether oxygens (including phenoxy) is 2. The Labute approximate surface area is 113 Å². The number of fused-ring (bicyclic) bond motifs is 1. The van der Waals surface area contributed by atoms with Crippen LogP contribution in [0, 0.1) is 0 Å². The maximum atomic E-state index is 5.40. The van der Waals surface area contributed by atoms with Crippen molar-refractivity contribution in [2.75, 3.05) is 6.79 Å². The second-order valence-electron chi connectivity index (χ2n) is 5.75.